The van der Waals surface area contributed by atoms with Gasteiger partial charge < -0.3 is 10.2 Å². The molecule has 1 aliphatic heterocycles. The van der Waals surface area contributed by atoms with Crippen LogP contribution in [0.15, 0.2) is 46.3 Å². The summed E-state index contributed by atoms with van der Waals surface area (Å²) in [5.41, 5.74) is 0.832. The van der Waals surface area contributed by atoms with Gasteiger partial charge in [-0.05, 0) is 33.6 Å². The van der Waals surface area contributed by atoms with Crippen molar-refractivity contribution in [1.29, 1.82) is 0 Å². The molecule has 2 heterocycles. The lowest BCUT2D eigenvalue weighted by atomic mass is 10.0. The van der Waals surface area contributed by atoms with E-state index in [1.165, 1.54) is 0 Å². The van der Waals surface area contributed by atoms with Gasteiger partial charge in [0.05, 0.1) is 16.9 Å². The SMILES string of the molecule is O=C1NCC(=O)N(Cc2ccc(Br)s2)C1c1ccccc1. The molecule has 4 nitrogen and oxygen atoms in total. The number of amides is 2. The molecule has 0 radical (unpaired) electrons. The van der Waals surface area contributed by atoms with Crippen LogP contribution in [0.25, 0.3) is 0 Å². The van der Waals surface area contributed by atoms with Crippen LogP contribution >= 0.6 is 27.3 Å². The van der Waals surface area contributed by atoms with E-state index in [4.69, 9.17) is 0 Å². The fraction of sp³-hybridized carbons (Fsp3) is 0.200. The number of rotatable bonds is 3. The highest BCUT2D eigenvalue weighted by atomic mass is 79.9. The van der Waals surface area contributed by atoms with Crippen molar-refractivity contribution in [2.75, 3.05) is 6.54 Å². The number of thiophene rings is 1. The highest BCUT2D eigenvalue weighted by Gasteiger charge is 2.35. The maximum absolute atomic E-state index is 12.2. The molecule has 1 aliphatic rings. The number of nitrogens with one attached hydrogen (secondary N) is 1. The lowest BCUT2D eigenvalue weighted by Crippen LogP contribution is -2.52. The molecule has 6 heteroatoms. The van der Waals surface area contributed by atoms with Crippen molar-refractivity contribution in [3.05, 3.63) is 56.7 Å². The summed E-state index contributed by atoms with van der Waals surface area (Å²) >= 11 is 4.99. The molecule has 0 spiro atoms. The van der Waals surface area contributed by atoms with Gasteiger partial charge in [0.25, 0.3) is 0 Å². The zero-order valence-electron chi connectivity index (χ0n) is 11.1. The lowest BCUT2D eigenvalue weighted by Gasteiger charge is -2.34. The molecule has 1 aromatic heterocycles. The van der Waals surface area contributed by atoms with E-state index in [0.29, 0.717) is 6.54 Å². The monoisotopic (exact) mass is 364 g/mol. The maximum atomic E-state index is 12.2. The topological polar surface area (TPSA) is 49.4 Å². The molecule has 0 aliphatic carbocycles. The van der Waals surface area contributed by atoms with Gasteiger partial charge in [0, 0.05) is 4.88 Å². The number of nitrogens with zero attached hydrogens (tertiary/aromatic N) is 1. The summed E-state index contributed by atoms with van der Waals surface area (Å²) in [6, 6.07) is 12.8. The fourth-order valence-corrected chi connectivity index (χ4v) is 3.88. The van der Waals surface area contributed by atoms with E-state index < -0.39 is 6.04 Å². The van der Waals surface area contributed by atoms with Crippen LogP contribution in [0.4, 0.5) is 0 Å². The molecule has 1 aromatic carbocycles. The van der Waals surface area contributed by atoms with Crippen LogP contribution in [0.5, 0.6) is 0 Å². The molecule has 1 atom stereocenters. The molecule has 0 bridgehead atoms. The number of carbonyl (C=O) groups is 2. The van der Waals surface area contributed by atoms with Crippen molar-refractivity contribution in [1.82, 2.24) is 10.2 Å². The number of hydrogen-bond donors (Lipinski definition) is 1. The third-order valence-electron chi connectivity index (χ3n) is 3.36. The van der Waals surface area contributed by atoms with Crippen molar-refractivity contribution in [2.24, 2.45) is 0 Å². The standard InChI is InChI=1S/C15H13BrN2O2S/c16-12-7-6-11(21-12)9-18-13(19)8-17-15(20)14(18)10-4-2-1-3-5-10/h1-7,14H,8-9H2,(H,17,20). The average molecular weight is 365 g/mol. The van der Waals surface area contributed by atoms with Gasteiger partial charge in [0.15, 0.2) is 0 Å². The van der Waals surface area contributed by atoms with E-state index in [0.717, 1.165) is 14.2 Å². The Kier molecular flexibility index (Phi) is 4.07. The summed E-state index contributed by atoms with van der Waals surface area (Å²) in [5.74, 6) is -0.190. The summed E-state index contributed by atoms with van der Waals surface area (Å²) in [6.07, 6.45) is 0. The molecule has 108 valence electrons. The van der Waals surface area contributed by atoms with Gasteiger partial charge in [-0.2, -0.15) is 0 Å². The van der Waals surface area contributed by atoms with Crippen molar-refractivity contribution < 1.29 is 9.59 Å². The van der Waals surface area contributed by atoms with Crippen LogP contribution in [0.1, 0.15) is 16.5 Å². The van der Waals surface area contributed by atoms with Gasteiger partial charge in [0.1, 0.15) is 6.04 Å². The highest BCUT2D eigenvalue weighted by Crippen LogP contribution is 2.29. The molecule has 2 amide bonds. The molecular formula is C15H13BrN2O2S. The molecule has 0 saturated carbocycles. The van der Waals surface area contributed by atoms with Crippen molar-refractivity contribution in [2.45, 2.75) is 12.6 Å². The lowest BCUT2D eigenvalue weighted by molar-refractivity contribution is -0.146. The molecule has 2 aromatic rings. The Labute approximate surface area is 134 Å². The third kappa shape index (κ3) is 3.01. The van der Waals surface area contributed by atoms with Crippen LogP contribution in [0, 0.1) is 0 Å². The molecule has 1 fully saturated rings. The first-order valence-corrected chi connectivity index (χ1v) is 8.12. The summed E-state index contributed by atoms with van der Waals surface area (Å²) in [5, 5.41) is 2.67. The number of benzene rings is 1. The minimum Gasteiger partial charge on any atom is -0.345 e. The summed E-state index contributed by atoms with van der Waals surface area (Å²) in [6.45, 7) is 0.511. The van der Waals surface area contributed by atoms with Crippen molar-refractivity contribution in [3.63, 3.8) is 0 Å². The van der Waals surface area contributed by atoms with Crippen LogP contribution in [-0.2, 0) is 16.1 Å². The first kappa shape index (κ1) is 14.3. The number of carbonyl (C=O) groups excluding carboxylic acids is 2. The van der Waals surface area contributed by atoms with Gasteiger partial charge >= 0.3 is 0 Å². The Morgan fingerprint density at radius 2 is 1.95 bits per heavy atom. The smallest absolute Gasteiger partial charge is 0.247 e. The van der Waals surface area contributed by atoms with Crippen LogP contribution in [-0.4, -0.2) is 23.3 Å². The largest absolute Gasteiger partial charge is 0.345 e. The van der Waals surface area contributed by atoms with Crippen LogP contribution < -0.4 is 5.32 Å². The van der Waals surface area contributed by atoms with Gasteiger partial charge in [-0.3, -0.25) is 9.59 Å². The predicted octanol–water partition coefficient (Wildman–Crippen LogP) is 2.71. The van der Waals surface area contributed by atoms with E-state index in [-0.39, 0.29) is 18.4 Å². The van der Waals surface area contributed by atoms with Gasteiger partial charge in [-0.15, -0.1) is 11.3 Å². The first-order valence-electron chi connectivity index (χ1n) is 6.51. The first-order chi connectivity index (χ1) is 10.1. The van der Waals surface area contributed by atoms with Crippen LogP contribution in [0.2, 0.25) is 0 Å². The van der Waals surface area contributed by atoms with E-state index in [1.807, 2.05) is 42.5 Å². The number of halogens is 1. The molecule has 21 heavy (non-hydrogen) atoms. The van der Waals surface area contributed by atoms with E-state index in [1.54, 1.807) is 16.2 Å². The van der Waals surface area contributed by atoms with Gasteiger partial charge in [-0.1, -0.05) is 30.3 Å². The zero-order chi connectivity index (χ0) is 14.8. The molecule has 1 unspecified atom stereocenters. The average Bonchev–Trinajstić information content (AvgIpc) is 2.89. The van der Waals surface area contributed by atoms with Gasteiger partial charge in [-0.25, -0.2) is 0 Å². The summed E-state index contributed by atoms with van der Waals surface area (Å²) in [4.78, 5) is 27.2. The minimum atomic E-state index is -0.562. The van der Waals surface area contributed by atoms with Crippen molar-refractivity contribution in [3.8, 4) is 0 Å². The molecular weight excluding hydrogens is 352 g/mol. The second kappa shape index (κ2) is 5.99. The normalized spacial score (nSPS) is 18.7. The van der Waals surface area contributed by atoms with E-state index in [9.17, 15) is 9.59 Å². The second-order valence-corrected chi connectivity index (χ2v) is 7.31. The number of hydrogen-bond acceptors (Lipinski definition) is 3. The Morgan fingerprint density at radius 3 is 2.62 bits per heavy atom. The Balaban J connectivity index is 1.92. The van der Waals surface area contributed by atoms with Gasteiger partial charge in [0.2, 0.25) is 11.8 Å². The minimum absolute atomic E-state index is 0.0621. The Hall–Kier alpha value is -1.66. The molecule has 3 rings (SSSR count). The Morgan fingerprint density at radius 1 is 1.19 bits per heavy atom. The van der Waals surface area contributed by atoms with E-state index >= 15 is 0 Å². The Bertz CT molecular complexity index is 671. The summed E-state index contributed by atoms with van der Waals surface area (Å²) < 4.78 is 1.02. The summed E-state index contributed by atoms with van der Waals surface area (Å²) in [7, 11) is 0. The zero-order valence-corrected chi connectivity index (χ0v) is 13.5. The second-order valence-electron chi connectivity index (χ2n) is 4.76. The molecule has 1 saturated heterocycles. The number of piperazine rings is 1. The third-order valence-corrected chi connectivity index (χ3v) is 4.97. The maximum Gasteiger partial charge on any atom is 0.247 e. The quantitative estimate of drug-likeness (QED) is 0.909. The fourth-order valence-electron chi connectivity index (χ4n) is 2.40. The van der Waals surface area contributed by atoms with Crippen LogP contribution in [0.3, 0.4) is 0 Å². The van der Waals surface area contributed by atoms with Crippen molar-refractivity contribution >= 4 is 39.1 Å². The molecule has 1 N–H and O–H groups in total. The highest BCUT2D eigenvalue weighted by molar-refractivity contribution is 9.11. The van der Waals surface area contributed by atoms with E-state index in [2.05, 4.69) is 21.2 Å². The predicted molar refractivity (Wildman–Crippen MR) is 84.8 cm³/mol.